The molecule has 0 unspecified atom stereocenters. The normalized spacial score (nSPS) is 23.4. The Bertz CT molecular complexity index is 482. The summed E-state index contributed by atoms with van der Waals surface area (Å²) in [5, 5.41) is 6.49. The highest BCUT2D eigenvalue weighted by molar-refractivity contribution is 5.96. The highest BCUT2D eigenvalue weighted by Gasteiger charge is 2.28. The zero-order chi connectivity index (χ0) is 13.4. The molecular formula is C15H23N3O. The van der Waals surface area contributed by atoms with Crippen LogP contribution in [0, 0.1) is 13.8 Å². The smallest absolute Gasteiger partial charge is 0.253 e. The number of aromatic nitrogens is 1. The summed E-state index contributed by atoms with van der Waals surface area (Å²) < 4.78 is 2.33. The Labute approximate surface area is 114 Å². The van der Waals surface area contributed by atoms with E-state index in [2.05, 4.69) is 29.0 Å². The lowest BCUT2D eigenvalue weighted by molar-refractivity contribution is 0.0930. The SMILES string of the molecule is Cc1cc(C(=O)N[C@H]2CCCNC2)c(C)n1C1CC1. The molecular weight excluding hydrogens is 238 g/mol. The quantitative estimate of drug-likeness (QED) is 0.873. The van der Waals surface area contributed by atoms with Crippen molar-refractivity contribution in [3.63, 3.8) is 0 Å². The summed E-state index contributed by atoms with van der Waals surface area (Å²) in [5.74, 6) is 0.0914. The van der Waals surface area contributed by atoms with Gasteiger partial charge >= 0.3 is 0 Å². The minimum absolute atomic E-state index is 0.0914. The number of hydrogen-bond acceptors (Lipinski definition) is 2. The molecule has 0 spiro atoms. The van der Waals surface area contributed by atoms with E-state index in [0.29, 0.717) is 6.04 Å². The number of carbonyl (C=O) groups excluding carboxylic acids is 1. The second-order valence-electron chi connectivity index (χ2n) is 5.90. The lowest BCUT2D eigenvalue weighted by atomic mass is 10.1. The molecule has 1 aliphatic carbocycles. The molecule has 1 saturated heterocycles. The summed E-state index contributed by atoms with van der Waals surface area (Å²) in [4.78, 5) is 12.4. The number of aryl methyl sites for hydroxylation is 1. The maximum Gasteiger partial charge on any atom is 0.253 e. The van der Waals surface area contributed by atoms with Crippen LogP contribution < -0.4 is 10.6 Å². The molecule has 0 radical (unpaired) electrons. The van der Waals surface area contributed by atoms with Crippen LogP contribution in [-0.2, 0) is 0 Å². The second kappa shape index (κ2) is 5.00. The van der Waals surface area contributed by atoms with Crippen molar-refractivity contribution >= 4 is 5.91 Å². The van der Waals surface area contributed by atoms with Gasteiger partial charge in [-0.15, -0.1) is 0 Å². The van der Waals surface area contributed by atoms with Gasteiger partial charge in [0.1, 0.15) is 0 Å². The number of nitrogens with zero attached hydrogens (tertiary/aromatic N) is 1. The van der Waals surface area contributed by atoms with Crippen molar-refractivity contribution in [2.24, 2.45) is 0 Å². The largest absolute Gasteiger partial charge is 0.348 e. The summed E-state index contributed by atoms with van der Waals surface area (Å²) >= 11 is 0. The highest BCUT2D eigenvalue weighted by atomic mass is 16.1. The number of piperidine rings is 1. The third-order valence-corrected chi connectivity index (χ3v) is 4.27. The van der Waals surface area contributed by atoms with Gasteiger partial charge in [0.05, 0.1) is 5.56 Å². The van der Waals surface area contributed by atoms with Crippen LogP contribution in [0.4, 0.5) is 0 Å². The van der Waals surface area contributed by atoms with Gasteiger partial charge in [-0.1, -0.05) is 0 Å². The molecule has 0 bridgehead atoms. The lowest BCUT2D eigenvalue weighted by Crippen LogP contribution is -2.45. The Morgan fingerprint density at radius 3 is 2.79 bits per heavy atom. The van der Waals surface area contributed by atoms with Gasteiger partial charge in [-0.05, 0) is 52.1 Å². The predicted molar refractivity (Wildman–Crippen MR) is 75.5 cm³/mol. The van der Waals surface area contributed by atoms with E-state index in [1.165, 1.54) is 18.5 Å². The number of nitrogens with one attached hydrogen (secondary N) is 2. The van der Waals surface area contributed by atoms with E-state index in [1.807, 2.05) is 6.07 Å². The Morgan fingerprint density at radius 1 is 1.37 bits per heavy atom. The maximum atomic E-state index is 12.4. The van der Waals surface area contributed by atoms with Crippen LogP contribution in [0.15, 0.2) is 6.07 Å². The molecule has 2 fully saturated rings. The van der Waals surface area contributed by atoms with Gasteiger partial charge in [0.15, 0.2) is 0 Å². The van der Waals surface area contributed by atoms with Crippen LogP contribution in [0.2, 0.25) is 0 Å². The molecule has 3 rings (SSSR count). The van der Waals surface area contributed by atoms with Crippen LogP contribution in [0.1, 0.15) is 53.5 Å². The van der Waals surface area contributed by atoms with Crippen molar-refractivity contribution in [1.29, 1.82) is 0 Å². The Kier molecular flexibility index (Phi) is 3.35. The molecule has 1 aromatic heterocycles. The lowest BCUT2D eigenvalue weighted by Gasteiger charge is -2.23. The van der Waals surface area contributed by atoms with Gasteiger partial charge in [0, 0.05) is 30.0 Å². The van der Waals surface area contributed by atoms with E-state index in [1.54, 1.807) is 0 Å². The van der Waals surface area contributed by atoms with Crippen LogP contribution in [0.5, 0.6) is 0 Å². The van der Waals surface area contributed by atoms with Gasteiger partial charge in [0.25, 0.3) is 5.91 Å². The summed E-state index contributed by atoms with van der Waals surface area (Å²) in [5.41, 5.74) is 3.20. The van der Waals surface area contributed by atoms with Crippen LogP contribution in [0.3, 0.4) is 0 Å². The minimum atomic E-state index is 0.0914. The third-order valence-electron chi connectivity index (χ3n) is 4.27. The van der Waals surface area contributed by atoms with E-state index in [4.69, 9.17) is 0 Å². The van der Waals surface area contributed by atoms with E-state index in [-0.39, 0.29) is 11.9 Å². The summed E-state index contributed by atoms with van der Waals surface area (Å²) in [6.07, 6.45) is 4.74. The van der Waals surface area contributed by atoms with Gasteiger partial charge in [-0.3, -0.25) is 4.79 Å². The summed E-state index contributed by atoms with van der Waals surface area (Å²) in [7, 11) is 0. The van der Waals surface area contributed by atoms with Gasteiger partial charge in [-0.2, -0.15) is 0 Å². The first kappa shape index (κ1) is 12.7. The van der Waals surface area contributed by atoms with Crippen LogP contribution >= 0.6 is 0 Å². The first-order valence-electron chi connectivity index (χ1n) is 7.37. The predicted octanol–water partition coefficient (Wildman–Crippen LogP) is 1.92. The Morgan fingerprint density at radius 2 is 2.16 bits per heavy atom. The van der Waals surface area contributed by atoms with Crippen molar-refractivity contribution in [3.05, 3.63) is 23.0 Å². The van der Waals surface area contributed by atoms with Crippen molar-refractivity contribution in [3.8, 4) is 0 Å². The van der Waals surface area contributed by atoms with Gasteiger partial charge < -0.3 is 15.2 Å². The van der Waals surface area contributed by atoms with E-state index >= 15 is 0 Å². The average molecular weight is 261 g/mol. The fourth-order valence-electron chi connectivity index (χ4n) is 3.14. The molecule has 2 heterocycles. The molecule has 2 N–H and O–H groups in total. The number of rotatable bonds is 3. The molecule has 1 saturated carbocycles. The summed E-state index contributed by atoms with van der Waals surface area (Å²) in [6, 6.07) is 2.96. The molecule has 1 aromatic rings. The number of hydrogen-bond donors (Lipinski definition) is 2. The molecule has 2 aliphatic rings. The van der Waals surface area contributed by atoms with E-state index in [9.17, 15) is 4.79 Å². The highest BCUT2D eigenvalue weighted by Crippen LogP contribution is 2.38. The second-order valence-corrected chi connectivity index (χ2v) is 5.90. The molecule has 1 aliphatic heterocycles. The molecule has 1 atom stereocenters. The van der Waals surface area contributed by atoms with Gasteiger partial charge in [0.2, 0.25) is 0 Å². The van der Waals surface area contributed by atoms with Crippen molar-refractivity contribution in [2.45, 2.75) is 51.6 Å². The first-order chi connectivity index (χ1) is 9.16. The van der Waals surface area contributed by atoms with Crippen LogP contribution in [0.25, 0.3) is 0 Å². The molecule has 19 heavy (non-hydrogen) atoms. The molecule has 0 aromatic carbocycles. The average Bonchev–Trinajstić information content (AvgIpc) is 3.17. The van der Waals surface area contributed by atoms with Gasteiger partial charge in [-0.25, -0.2) is 0 Å². The monoisotopic (exact) mass is 261 g/mol. The van der Waals surface area contributed by atoms with Crippen molar-refractivity contribution < 1.29 is 4.79 Å². The Hall–Kier alpha value is -1.29. The maximum absolute atomic E-state index is 12.4. The zero-order valence-electron chi connectivity index (χ0n) is 11.8. The van der Waals surface area contributed by atoms with E-state index < -0.39 is 0 Å². The molecule has 4 heteroatoms. The third kappa shape index (κ3) is 2.54. The fraction of sp³-hybridized carbons (Fsp3) is 0.667. The molecule has 104 valence electrons. The molecule has 1 amide bonds. The topological polar surface area (TPSA) is 46.1 Å². The number of carbonyl (C=O) groups is 1. The van der Waals surface area contributed by atoms with Crippen molar-refractivity contribution in [1.82, 2.24) is 15.2 Å². The van der Waals surface area contributed by atoms with Crippen molar-refractivity contribution in [2.75, 3.05) is 13.1 Å². The standard InChI is InChI=1S/C15H23N3O/c1-10-8-14(11(2)18(10)13-5-6-13)15(19)17-12-4-3-7-16-9-12/h8,12-13,16H,3-7,9H2,1-2H3,(H,17,19)/t12-/m0/s1. The minimum Gasteiger partial charge on any atom is -0.348 e. The zero-order valence-corrected chi connectivity index (χ0v) is 11.8. The first-order valence-corrected chi connectivity index (χ1v) is 7.37. The summed E-state index contributed by atoms with van der Waals surface area (Å²) in [6.45, 7) is 6.14. The van der Waals surface area contributed by atoms with Crippen LogP contribution in [-0.4, -0.2) is 29.6 Å². The number of amides is 1. The fourth-order valence-corrected chi connectivity index (χ4v) is 3.14. The Balaban J connectivity index is 1.74. The molecule has 4 nitrogen and oxygen atoms in total. The van der Waals surface area contributed by atoms with E-state index in [0.717, 1.165) is 37.2 Å².